The highest BCUT2D eigenvalue weighted by Crippen LogP contribution is 2.28. The molecule has 1 saturated heterocycles. The van der Waals surface area contributed by atoms with Crippen LogP contribution in [0.2, 0.25) is 5.02 Å². The van der Waals surface area contributed by atoms with Crippen molar-refractivity contribution in [3.05, 3.63) is 33.3 Å². The fraction of sp³-hybridized carbons (Fsp3) is 0.625. The Morgan fingerprint density at radius 1 is 1.39 bits per heavy atom. The van der Waals surface area contributed by atoms with E-state index < -0.39 is 4.92 Å². The molecule has 0 aromatic heterocycles. The van der Waals surface area contributed by atoms with E-state index in [1.807, 2.05) is 0 Å². The summed E-state index contributed by atoms with van der Waals surface area (Å²) >= 11 is 6.13. The number of morpholine rings is 1. The van der Waals surface area contributed by atoms with Crippen LogP contribution in [0.1, 0.15) is 27.7 Å². The lowest BCUT2D eigenvalue weighted by Crippen LogP contribution is -2.57. The number of hydrogen-bond acceptors (Lipinski definition) is 5. The monoisotopic (exact) mass is 341 g/mol. The maximum absolute atomic E-state index is 10.8. The molecule has 1 aliphatic rings. The lowest BCUT2D eigenvalue weighted by molar-refractivity contribution is -0.384. The van der Waals surface area contributed by atoms with Crippen molar-refractivity contribution < 1.29 is 9.66 Å². The maximum atomic E-state index is 10.8. The number of anilines is 1. The fourth-order valence-corrected chi connectivity index (χ4v) is 3.10. The van der Waals surface area contributed by atoms with E-state index in [1.165, 1.54) is 12.1 Å². The third kappa shape index (κ3) is 4.56. The number of halogens is 1. The van der Waals surface area contributed by atoms with Crippen LogP contribution in [0.25, 0.3) is 0 Å². The largest absolute Gasteiger partial charge is 0.382 e. The Morgan fingerprint density at radius 2 is 2.00 bits per heavy atom. The number of nitro groups is 1. The highest BCUT2D eigenvalue weighted by atomic mass is 35.5. The minimum atomic E-state index is -0.448. The SMILES string of the molecule is C[C@@H]1CN(C(C)(C)CNc2ccc([N+](=O)[O-])cc2Cl)C[C@H](C)O1. The van der Waals surface area contributed by atoms with Gasteiger partial charge in [-0.2, -0.15) is 0 Å². The number of nitrogens with zero attached hydrogens (tertiary/aromatic N) is 2. The lowest BCUT2D eigenvalue weighted by atomic mass is 10.00. The Balaban J connectivity index is 2.02. The molecule has 6 nitrogen and oxygen atoms in total. The molecule has 128 valence electrons. The number of ether oxygens (including phenoxy) is 1. The Labute approximate surface area is 141 Å². The summed E-state index contributed by atoms with van der Waals surface area (Å²) in [7, 11) is 0. The van der Waals surface area contributed by atoms with Crippen LogP contribution in [-0.4, -0.2) is 47.2 Å². The molecule has 2 atom stereocenters. The van der Waals surface area contributed by atoms with E-state index in [1.54, 1.807) is 6.07 Å². The third-order valence-electron chi connectivity index (χ3n) is 4.15. The standard InChI is InChI=1S/C16H24ClN3O3/c1-11-8-19(9-12(2)23-11)16(3,4)10-18-15-6-5-13(20(21)22)7-14(15)17/h5-7,11-12,18H,8-10H2,1-4H3/t11-,12+. The summed E-state index contributed by atoms with van der Waals surface area (Å²) in [4.78, 5) is 12.7. The molecule has 0 aliphatic carbocycles. The van der Waals surface area contributed by atoms with E-state index in [9.17, 15) is 10.1 Å². The van der Waals surface area contributed by atoms with Crippen LogP contribution < -0.4 is 5.32 Å². The second-order valence-electron chi connectivity index (χ2n) is 6.75. The predicted octanol–water partition coefficient (Wildman–Crippen LogP) is 3.55. The highest BCUT2D eigenvalue weighted by Gasteiger charge is 2.33. The molecular weight excluding hydrogens is 318 g/mol. The second kappa shape index (κ2) is 7.03. The van der Waals surface area contributed by atoms with Crippen LogP contribution in [0.3, 0.4) is 0 Å². The molecule has 1 aromatic rings. The smallest absolute Gasteiger partial charge is 0.271 e. The number of hydrogen-bond donors (Lipinski definition) is 1. The lowest BCUT2D eigenvalue weighted by Gasteiger charge is -2.45. The van der Waals surface area contributed by atoms with Gasteiger partial charge in [0.1, 0.15) is 0 Å². The molecule has 0 saturated carbocycles. The molecule has 0 unspecified atom stereocenters. The number of nitrogens with one attached hydrogen (secondary N) is 1. The summed E-state index contributed by atoms with van der Waals surface area (Å²) in [5.74, 6) is 0. The zero-order valence-electron chi connectivity index (χ0n) is 14.0. The van der Waals surface area contributed by atoms with Crippen molar-refractivity contribution in [2.45, 2.75) is 45.4 Å². The van der Waals surface area contributed by atoms with Gasteiger partial charge in [0.15, 0.2) is 0 Å². The number of benzene rings is 1. The van der Waals surface area contributed by atoms with Gasteiger partial charge in [0, 0.05) is 37.3 Å². The molecule has 7 heteroatoms. The van der Waals surface area contributed by atoms with Gasteiger partial charge in [-0.1, -0.05) is 11.6 Å². The number of non-ortho nitro benzene ring substituents is 1. The van der Waals surface area contributed by atoms with Crippen LogP contribution >= 0.6 is 11.6 Å². The fourth-order valence-electron chi connectivity index (χ4n) is 2.86. The molecule has 0 amide bonds. The van der Waals surface area contributed by atoms with E-state index in [2.05, 4.69) is 37.9 Å². The normalized spacial score (nSPS) is 22.8. The van der Waals surface area contributed by atoms with Crippen molar-refractivity contribution in [3.63, 3.8) is 0 Å². The average Bonchev–Trinajstić information content (AvgIpc) is 2.44. The zero-order valence-corrected chi connectivity index (χ0v) is 14.8. The van der Waals surface area contributed by atoms with E-state index in [0.29, 0.717) is 17.3 Å². The minimum Gasteiger partial charge on any atom is -0.382 e. The van der Waals surface area contributed by atoms with E-state index in [0.717, 1.165) is 13.1 Å². The number of rotatable bonds is 5. The van der Waals surface area contributed by atoms with Crippen molar-refractivity contribution in [1.29, 1.82) is 0 Å². The first-order valence-electron chi connectivity index (χ1n) is 7.77. The van der Waals surface area contributed by atoms with Gasteiger partial charge in [0.05, 0.1) is 27.8 Å². The summed E-state index contributed by atoms with van der Waals surface area (Å²) in [6.45, 7) is 11.0. The van der Waals surface area contributed by atoms with Gasteiger partial charge < -0.3 is 10.1 Å². The Morgan fingerprint density at radius 3 is 2.52 bits per heavy atom. The number of nitro benzene ring substituents is 1. The van der Waals surface area contributed by atoms with Crippen molar-refractivity contribution >= 4 is 23.0 Å². The first kappa shape index (κ1) is 18.0. The Kier molecular flexibility index (Phi) is 5.49. The van der Waals surface area contributed by atoms with Crippen LogP contribution in [0.15, 0.2) is 18.2 Å². The first-order chi connectivity index (χ1) is 10.7. The Bertz CT molecular complexity index is 570. The molecule has 1 aliphatic heterocycles. The van der Waals surface area contributed by atoms with Crippen molar-refractivity contribution in [3.8, 4) is 0 Å². The van der Waals surface area contributed by atoms with E-state index in [4.69, 9.17) is 16.3 Å². The molecule has 2 rings (SSSR count). The van der Waals surface area contributed by atoms with Crippen LogP contribution in [0.4, 0.5) is 11.4 Å². The molecule has 0 bridgehead atoms. The van der Waals surface area contributed by atoms with Gasteiger partial charge in [0.2, 0.25) is 0 Å². The van der Waals surface area contributed by atoms with Gasteiger partial charge in [-0.05, 0) is 33.8 Å². The molecule has 0 spiro atoms. The summed E-state index contributed by atoms with van der Waals surface area (Å²) in [6.07, 6.45) is 0.418. The Hall–Kier alpha value is -1.37. The van der Waals surface area contributed by atoms with Gasteiger partial charge in [-0.25, -0.2) is 0 Å². The maximum Gasteiger partial charge on any atom is 0.271 e. The molecule has 1 fully saturated rings. The summed E-state index contributed by atoms with van der Waals surface area (Å²) < 4.78 is 5.78. The summed E-state index contributed by atoms with van der Waals surface area (Å²) in [5, 5.41) is 14.4. The van der Waals surface area contributed by atoms with Crippen molar-refractivity contribution in [2.75, 3.05) is 25.0 Å². The predicted molar refractivity (Wildman–Crippen MR) is 92.3 cm³/mol. The molecule has 1 heterocycles. The van der Waals surface area contributed by atoms with E-state index in [-0.39, 0.29) is 23.4 Å². The zero-order chi connectivity index (χ0) is 17.2. The molecule has 23 heavy (non-hydrogen) atoms. The van der Waals surface area contributed by atoms with Crippen LogP contribution in [-0.2, 0) is 4.74 Å². The van der Waals surface area contributed by atoms with Gasteiger partial charge in [-0.15, -0.1) is 0 Å². The quantitative estimate of drug-likeness (QED) is 0.655. The molecular formula is C16H24ClN3O3. The van der Waals surface area contributed by atoms with Gasteiger partial charge >= 0.3 is 0 Å². The van der Waals surface area contributed by atoms with Crippen molar-refractivity contribution in [1.82, 2.24) is 4.90 Å². The van der Waals surface area contributed by atoms with E-state index >= 15 is 0 Å². The topological polar surface area (TPSA) is 67.6 Å². The minimum absolute atomic E-state index is 0.00404. The first-order valence-corrected chi connectivity index (χ1v) is 8.15. The molecule has 1 N–H and O–H groups in total. The molecule has 0 radical (unpaired) electrons. The third-order valence-corrected chi connectivity index (χ3v) is 4.46. The van der Waals surface area contributed by atoms with Crippen molar-refractivity contribution in [2.24, 2.45) is 0 Å². The summed E-state index contributed by atoms with van der Waals surface area (Å²) in [6, 6.07) is 4.48. The second-order valence-corrected chi connectivity index (χ2v) is 7.16. The average molecular weight is 342 g/mol. The molecule has 1 aromatic carbocycles. The summed E-state index contributed by atoms with van der Waals surface area (Å²) in [5.41, 5.74) is 0.618. The highest BCUT2D eigenvalue weighted by molar-refractivity contribution is 6.33. The van der Waals surface area contributed by atoms with Gasteiger partial charge in [0.25, 0.3) is 5.69 Å². The van der Waals surface area contributed by atoms with Gasteiger partial charge in [-0.3, -0.25) is 15.0 Å². The van der Waals surface area contributed by atoms with Crippen LogP contribution in [0, 0.1) is 10.1 Å². The van der Waals surface area contributed by atoms with Crippen LogP contribution in [0.5, 0.6) is 0 Å².